The molecule has 0 saturated carbocycles. The van der Waals surface area contributed by atoms with Gasteiger partial charge in [-0.3, -0.25) is 0 Å². The van der Waals surface area contributed by atoms with Crippen molar-refractivity contribution < 1.29 is 0 Å². The van der Waals surface area contributed by atoms with Crippen molar-refractivity contribution in [3.05, 3.63) is 29.0 Å². The van der Waals surface area contributed by atoms with E-state index in [4.69, 9.17) is 0 Å². The Bertz CT molecular complexity index is 483. The molecule has 0 heterocycles. The quantitative estimate of drug-likeness (QED) is 0.341. The van der Waals surface area contributed by atoms with E-state index in [0.29, 0.717) is 20.6 Å². The lowest BCUT2D eigenvalue weighted by molar-refractivity contribution is 0.706. The third-order valence-corrected chi connectivity index (χ3v) is 12.5. The van der Waals surface area contributed by atoms with Crippen molar-refractivity contribution in [1.29, 1.82) is 0 Å². The lowest BCUT2D eigenvalue weighted by Gasteiger charge is -2.41. The highest BCUT2D eigenvalue weighted by molar-refractivity contribution is 7.61. The van der Waals surface area contributed by atoms with E-state index >= 15 is 0 Å². The lowest BCUT2D eigenvalue weighted by Crippen LogP contribution is -2.26. The first-order valence-electron chi connectivity index (χ1n) is 9.64. The Labute approximate surface area is 161 Å². The van der Waals surface area contributed by atoms with Gasteiger partial charge in [-0.2, -0.15) is 0 Å². The molecule has 0 bridgehead atoms. The van der Waals surface area contributed by atoms with E-state index in [-0.39, 0.29) is 15.8 Å². The van der Waals surface area contributed by atoms with Crippen LogP contribution in [-0.4, -0.2) is 32.9 Å². The van der Waals surface area contributed by atoms with Crippen molar-refractivity contribution in [2.24, 2.45) is 0 Å². The Morgan fingerprint density at radius 1 is 0.560 bits per heavy atom. The van der Waals surface area contributed by atoms with Gasteiger partial charge in [0.05, 0.1) is 0 Å². The molecule has 0 radical (unpaired) electrons. The summed E-state index contributed by atoms with van der Waals surface area (Å²) in [5.41, 5.74) is 6.66. The Hall–Kier alpha value is 0.120. The third kappa shape index (κ3) is 6.98. The maximum absolute atomic E-state index is 3.79. The van der Waals surface area contributed by atoms with Crippen molar-refractivity contribution in [2.45, 2.75) is 104 Å². The first kappa shape index (κ1) is 23.2. The fourth-order valence-electron chi connectivity index (χ4n) is 3.98. The van der Waals surface area contributed by atoms with Crippen molar-refractivity contribution >= 4 is 15.8 Å². The van der Waals surface area contributed by atoms with Crippen LogP contribution in [0.4, 0.5) is 0 Å². The molecule has 2 heteroatoms. The largest absolute Gasteiger partial charge is 0.113 e. The van der Waals surface area contributed by atoms with Gasteiger partial charge in [-0.1, -0.05) is 111 Å². The molecule has 1 rings (SSSR count). The summed E-state index contributed by atoms with van der Waals surface area (Å²) < 4.78 is 0. The van der Waals surface area contributed by atoms with Crippen LogP contribution in [-0.2, 0) is 0 Å². The van der Waals surface area contributed by atoms with E-state index in [9.17, 15) is 0 Å². The number of hydrogen-bond acceptors (Lipinski definition) is 0. The summed E-state index contributed by atoms with van der Waals surface area (Å²) in [6.45, 7) is 28.9. The first-order chi connectivity index (χ1) is 10.9. The Kier molecular flexibility index (Phi) is 7.06. The average Bonchev–Trinajstić information content (AvgIpc) is 2.75. The second-order valence-corrected chi connectivity index (χ2v) is 19.1. The van der Waals surface area contributed by atoms with Gasteiger partial charge in [-0.25, -0.2) is 0 Å². The maximum atomic E-state index is 3.79. The molecule has 0 saturated heterocycles. The van der Waals surface area contributed by atoms with Crippen LogP contribution in [0.5, 0.6) is 0 Å². The summed E-state index contributed by atoms with van der Waals surface area (Å²) >= 11 is 0. The van der Waals surface area contributed by atoms with E-state index in [1.54, 1.807) is 0 Å². The molecule has 0 aromatic rings. The van der Waals surface area contributed by atoms with Gasteiger partial charge in [0.2, 0.25) is 0 Å². The van der Waals surface area contributed by atoms with Gasteiger partial charge in [0.25, 0.3) is 0 Å². The van der Waals surface area contributed by atoms with Crippen molar-refractivity contribution in [3.8, 4) is 0 Å². The molecular weight excluding hydrogens is 338 g/mol. The number of allylic oxidation sites excluding steroid dienone is 3. The minimum atomic E-state index is -0.0971. The molecule has 0 unspecified atom stereocenters. The molecule has 1 aliphatic carbocycles. The topological polar surface area (TPSA) is 0 Å². The fraction of sp³-hybridized carbons (Fsp3) is 0.783. The zero-order valence-electron chi connectivity index (χ0n) is 19.0. The van der Waals surface area contributed by atoms with Gasteiger partial charge in [0.1, 0.15) is 0 Å². The monoisotopic (exact) mass is 380 g/mol. The summed E-state index contributed by atoms with van der Waals surface area (Å²) in [6, 6.07) is 0. The highest BCUT2D eigenvalue weighted by atomic mass is 31.1. The van der Waals surface area contributed by atoms with Crippen molar-refractivity contribution in [3.63, 3.8) is 0 Å². The zero-order chi connectivity index (χ0) is 19.8. The van der Waals surface area contributed by atoms with Gasteiger partial charge in [-0.15, -0.1) is 5.73 Å². The van der Waals surface area contributed by atoms with Crippen LogP contribution in [0.15, 0.2) is 29.0 Å². The number of hydrogen-bond donors (Lipinski definition) is 0. The van der Waals surface area contributed by atoms with Crippen LogP contribution in [0.25, 0.3) is 0 Å². The zero-order valence-corrected chi connectivity index (χ0v) is 20.8. The summed E-state index contributed by atoms with van der Waals surface area (Å²) in [6.07, 6.45) is 7.10. The van der Waals surface area contributed by atoms with Crippen LogP contribution >= 0.6 is 15.8 Å². The molecular formula is C23H42P2. The second kappa shape index (κ2) is 7.63. The first-order valence-corrected chi connectivity index (χ1v) is 12.7. The molecule has 0 atom stereocenters. The molecule has 144 valence electrons. The maximum Gasteiger partial charge on any atom is 0.00101 e. The predicted octanol–water partition coefficient (Wildman–Crippen LogP) is 8.17. The van der Waals surface area contributed by atoms with Crippen LogP contribution < -0.4 is 0 Å². The molecule has 1 aliphatic rings. The Morgan fingerprint density at radius 2 is 0.800 bits per heavy atom. The molecule has 0 N–H and O–H groups in total. The standard InChI is InChI=1S/C23H42P2/c1-20(2,3)24(21(4,5)6)16-18-13-14-19(15-18)17-25(22(7,8)9)23(10,11)12/h13-14H,16-17H2,1-12H3. The summed E-state index contributed by atoms with van der Waals surface area (Å²) in [5.74, 6) is 0. The molecule has 0 aliphatic heterocycles. The molecule has 0 nitrogen and oxygen atoms in total. The van der Waals surface area contributed by atoms with E-state index in [0.717, 1.165) is 0 Å². The van der Waals surface area contributed by atoms with Gasteiger partial charge < -0.3 is 0 Å². The van der Waals surface area contributed by atoms with E-state index in [1.165, 1.54) is 23.5 Å². The molecule has 0 fully saturated rings. The van der Waals surface area contributed by atoms with Crippen LogP contribution in [0, 0.1) is 0 Å². The minimum Gasteiger partial charge on any atom is -0.113 e. The molecule has 0 aromatic carbocycles. The number of rotatable bonds is 4. The Balaban J connectivity index is 3.07. The molecule has 0 amide bonds. The summed E-state index contributed by atoms with van der Waals surface area (Å²) in [7, 11) is -0.194. The third-order valence-electron chi connectivity index (χ3n) is 4.70. The molecule has 25 heavy (non-hydrogen) atoms. The highest BCUT2D eigenvalue weighted by Crippen LogP contribution is 2.61. The summed E-state index contributed by atoms with van der Waals surface area (Å²) in [4.78, 5) is 0. The lowest BCUT2D eigenvalue weighted by atomic mass is 10.2. The second-order valence-electron chi connectivity index (χ2n) is 11.4. The Morgan fingerprint density at radius 3 is 1.00 bits per heavy atom. The molecule has 0 spiro atoms. The van der Waals surface area contributed by atoms with Crippen LogP contribution in [0.3, 0.4) is 0 Å². The van der Waals surface area contributed by atoms with E-state index in [2.05, 4.69) is 101 Å². The van der Waals surface area contributed by atoms with E-state index < -0.39 is 0 Å². The fourth-order valence-corrected chi connectivity index (χ4v) is 10.9. The van der Waals surface area contributed by atoms with Crippen LogP contribution in [0.1, 0.15) is 83.1 Å². The predicted molar refractivity (Wildman–Crippen MR) is 122 cm³/mol. The minimum absolute atomic E-state index is 0.0971. The average molecular weight is 381 g/mol. The highest BCUT2D eigenvalue weighted by Gasteiger charge is 2.36. The van der Waals surface area contributed by atoms with E-state index in [1.807, 2.05) is 0 Å². The van der Waals surface area contributed by atoms with Gasteiger partial charge in [0.15, 0.2) is 0 Å². The normalized spacial score (nSPS) is 16.7. The van der Waals surface area contributed by atoms with Gasteiger partial charge >= 0.3 is 0 Å². The van der Waals surface area contributed by atoms with Gasteiger partial charge in [-0.05, 0) is 31.8 Å². The summed E-state index contributed by atoms with van der Waals surface area (Å²) in [5, 5.41) is 1.51. The molecule has 0 aromatic heterocycles. The van der Waals surface area contributed by atoms with Crippen molar-refractivity contribution in [2.75, 3.05) is 12.3 Å². The SMILES string of the molecule is CC(C)(C)P(CC1=C=C(CP(C(C)(C)C)C(C)(C)C)C=C1)C(C)(C)C. The smallest absolute Gasteiger partial charge is 0.00101 e. The van der Waals surface area contributed by atoms with Gasteiger partial charge in [0, 0.05) is 12.3 Å². The van der Waals surface area contributed by atoms with Crippen LogP contribution in [0.2, 0.25) is 0 Å². The van der Waals surface area contributed by atoms with Crippen molar-refractivity contribution in [1.82, 2.24) is 0 Å².